The van der Waals surface area contributed by atoms with Gasteiger partial charge < -0.3 is 9.73 Å². The minimum Gasteiger partial charge on any atom is -0.461 e. The third-order valence-electron chi connectivity index (χ3n) is 4.60. The van der Waals surface area contributed by atoms with Crippen LogP contribution in [-0.4, -0.2) is 32.5 Å². The highest BCUT2D eigenvalue weighted by Gasteiger charge is 2.22. The van der Waals surface area contributed by atoms with E-state index in [4.69, 9.17) is 4.42 Å². The van der Waals surface area contributed by atoms with Crippen LogP contribution in [0.2, 0.25) is 0 Å². The normalized spacial score (nSPS) is 11.9. The molecular formula is C23H22N4O2S. The average molecular weight is 419 g/mol. The van der Waals surface area contributed by atoms with E-state index in [9.17, 15) is 4.79 Å². The predicted octanol–water partition coefficient (Wildman–Crippen LogP) is 4.37. The maximum atomic E-state index is 12.6. The summed E-state index contributed by atoms with van der Waals surface area (Å²) in [6, 6.07) is 23.6. The number of hydrogen-bond donors (Lipinski definition) is 1. The monoisotopic (exact) mass is 418 g/mol. The molecule has 2 aromatic heterocycles. The summed E-state index contributed by atoms with van der Waals surface area (Å²) in [5.74, 6) is 1.20. The number of para-hydroxylation sites is 1. The smallest absolute Gasteiger partial charge is 0.233 e. The van der Waals surface area contributed by atoms with Crippen LogP contribution >= 0.6 is 11.8 Å². The SMILES string of the molecule is CC(Sc1nnc(-c2ccco2)n1-c1ccccc1)C(=O)NCCc1ccccc1. The van der Waals surface area contributed by atoms with Crippen molar-refractivity contribution in [3.8, 4) is 17.3 Å². The highest BCUT2D eigenvalue weighted by molar-refractivity contribution is 8.00. The third kappa shape index (κ3) is 4.63. The molecule has 0 fully saturated rings. The van der Waals surface area contributed by atoms with Crippen molar-refractivity contribution < 1.29 is 9.21 Å². The Balaban J connectivity index is 1.48. The van der Waals surface area contributed by atoms with Crippen molar-refractivity contribution >= 4 is 17.7 Å². The second kappa shape index (κ2) is 9.45. The summed E-state index contributed by atoms with van der Waals surface area (Å²) in [5, 5.41) is 12.0. The number of carbonyl (C=O) groups is 1. The number of aromatic nitrogens is 3. The summed E-state index contributed by atoms with van der Waals surface area (Å²) in [6.07, 6.45) is 2.40. The van der Waals surface area contributed by atoms with Gasteiger partial charge >= 0.3 is 0 Å². The zero-order valence-electron chi connectivity index (χ0n) is 16.6. The maximum absolute atomic E-state index is 12.6. The van der Waals surface area contributed by atoms with Crippen LogP contribution in [0.4, 0.5) is 0 Å². The Morgan fingerprint density at radius 2 is 1.77 bits per heavy atom. The number of thioether (sulfide) groups is 1. The van der Waals surface area contributed by atoms with E-state index >= 15 is 0 Å². The lowest BCUT2D eigenvalue weighted by atomic mass is 10.1. The molecule has 6 nitrogen and oxygen atoms in total. The van der Waals surface area contributed by atoms with Crippen LogP contribution < -0.4 is 5.32 Å². The molecule has 4 aromatic rings. The molecule has 0 bridgehead atoms. The van der Waals surface area contributed by atoms with E-state index in [1.54, 1.807) is 6.26 Å². The van der Waals surface area contributed by atoms with E-state index in [1.807, 2.05) is 72.2 Å². The molecule has 152 valence electrons. The van der Waals surface area contributed by atoms with Gasteiger partial charge in [0, 0.05) is 12.2 Å². The Bertz CT molecular complexity index is 1080. The number of rotatable bonds is 8. The molecule has 1 amide bonds. The first-order chi connectivity index (χ1) is 14.7. The zero-order valence-corrected chi connectivity index (χ0v) is 17.4. The Morgan fingerprint density at radius 1 is 1.03 bits per heavy atom. The van der Waals surface area contributed by atoms with Crippen LogP contribution in [0.25, 0.3) is 17.3 Å². The molecule has 4 rings (SSSR count). The largest absolute Gasteiger partial charge is 0.461 e. The van der Waals surface area contributed by atoms with E-state index in [-0.39, 0.29) is 11.2 Å². The van der Waals surface area contributed by atoms with E-state index in [0.29, 0.717) is 23.3 Å². The molecule has 0 saturated carbocycles. The van der Waals surface area contributed by atoms with Crippen molar-refractivity contribution in [2.45, 2.75) is 23.8 Å². The van der Waals surface area contributed by atoms with Gasteiger partial charge in [-0.15, -0.1) is 10.2 Å². The van der Waals surface area contributed by atoms with Gasteiger partial charge in [-0.1, -0.05) is 60.3 Å². The number of nitrogens with one attached hydrogen (secondary N) is 1. The maximum Gasteiger partial charge on any atom is 0.233 e. The molecule has 0 radical (unpaired) electrons. The quantitative estimate of drug-likeness (QED) is 0.430. The number of benzene rings is 2. The van der Waals surface area contributed by atoms with Gasteiger partial charge in [-0.3, -0.25) is 9.36 Å². The molecule has 0 aliphatic heterocycles. The molecule has 0 aliphatic rings. The first kappa shape index (κ1) is 20.0. The summed E-state index contributed by atoms with van der Waals surface area (Å²) < 4.78 is 7.44. The molecule has 1 unspecified atom stereocenters. The van der Waals surface area contributed by atoms with Crippen molar-refractivity contribution in [3.05, 3.63) is 84.6 Å². The fourth-order valence-electron chi connectivity index (χ4n) is 3.05. The minimum absolute atomic E-state index is 0.0295. The second-order valence-electron chi connectivity index (χ2n) is 6.74. The van der Waals surface area contributed by atoms with E-state index in [0.717, 1.165) is 12.1 Å². The Hall–Kier alpha value is -3.32. The van der Waals surface area contributed by atoms with Crippen LogP contribution in [0.15, 0.2) is 88.6 Å². The Kier molecular flexibility index (Phi) is 6.29. The van der Waals surface area contributed by atoms with Gasteiger partial charge in [0.25, 0.3) is 0 Å². The Morgan fingerprint density at radius 3 is 2.47 bits per heavy atom. The number of furan rings is 1. The molecular weight excluding hydrogens is 396 g/mol. The van der Waals surface area contributed by atoms with Crippen molar-refractivity contribution in [2.75, 3.05) is 6.54 Å². The summed E-state index contributed by atoms with van der Waals surface area (Å²) in [4.78, 5) is 12.6. The molecule has 0 aliphatic carbocycles. The summed E-state index contributed by atoms with van der Waals surface area (Å²) in [7, 11) is 0. The highest BCUT2D eigenvalue weighted by Crippen LogP contribution is 2.30. The van der Waals surface area contributed by atoms with Gasteiger partial charge in [0.2, 0.25) is 11.7 Å². The van der Waals surface area contributed by atoms with Gasteiger partial charge in [0.05, 0.1) is 11.5 Å². The van der Waals surface area contributed by atoms with Crippen LogP contribution in [-0.2, 0) is 11.2 Å². The topological polar surface area (TPSA) is 73.0 Å². The van der Waals surface area contributed by atoms with E-state index in [1.165, 1.54) is 17.3 Å². The summed E-state index contributed by atoms with van der Waals surface area (Å²) >= 11 is 1.37. The molecule has 7 heteroatoms. The van der Waals surface area contributed by atoms with Crippen LogP contribution in [0.1, 0.15) is 12.5 Å². The number of carbonyl (C=O) groups excluding carboxylic acids is 1. The number of hydrogen-bond acceptors (Lipinski definition) is 5. The molecule has 0 spiro atoms. The van der Waals surface area contributed by atoms with Crippen molar-refractivity contribution in [2.24, 2.45) is 0 Å². The minimum atomic E-state index is -0.322. The van der Waals surface area contributed by atoms with Gasteiger partial charge in [-0.25, -0.2) is 0 Å². The Labute approximate surface area is 179 Å². The molecule has 0 saturated heterocycles. The third-order valence-corrected chi connectivity index (χ3v) is 5.64. The lowest BCUT2D eigenvalue weighted by Gasteiger charge is -2.13. The number of amides is 1. The van der Waals surface area contributed by atoms with Crippen molar-refractivity contribution in [3.63, 3.8) is 0 Å². The lowest BCUT2D eigenvalue weighted by molar-refractivity contribution is -0.120. The van der Waals surface area contributed by atoms with Crippen molar-refractivity contribution in [1.82, 2.24) is 20.1 Å². The average Bonchev–Trinajstić information content (AvgIpc) is 3.45. The van der Waals surface area contributed by atoms with Gasteiger partial charge in [-0.05, 0) is 43.2 Å². The summed E-state index contributed by atoms with van der Waals surface area (Å²) in [5.41, 5.74) is 2.11. The van der Waals surface area contributed by atoms with Crippen molar-refractivity contribution in [1.29, 1.82) is 0 Å². The zero-order chi connectivity index (χ0) is 20.8. The molecule has 1 atom stereocenters. The van der Waals surface area contributed by atoms with Crippen LogP contribution in [0.5, 0.6) is 0 Å². The van der Waals surface area contributed by atoms with Gasteiger partial charge in [0.1, 0.15) is 0 Å². The van der Waals surface area contributed by atoms with E-state index in [2.05, 4.69) is 27.6 Å². The van der Waals surface area contributed by atoms with Gasteiger partial charge in [-0.2, -0.15) is 0 Å². The standard InChI is InChI=1S/C23H22N4O2S/c1-17(22(28)24-15-14-18-9-4-2-5-10-18)30-23-26-25-21(20-13-8-16-29-20)27(23)19-11-6-3-7-12-19/h2-13,16-17H,14-15H2,1H3,(H,24,28). The first-order valence-electron chi connectivity index (χ1n) is 9.75. The van der Waals surface area contributed by atoms with Crippen LogP contribution in [0.3, 0.4) is 0 Å². The molecule has 2 heterocycles. The van der Waals surface area contributed by atoms with E-state index < -0.39 is 0 Å². The lowest BCUT2D eigenvalue weighted by Crippen LogP contribution is -2.32. The van der Waals surface area contributed by atoms with Crippen LogP contribution in [0, 0.1) is 0 Å². The fraction of sp³-hybridized carbons (Fsp3) is 0.174. The molecule has 1 N–H and O–H groups in total. The molecule has 30 heavy (non-hydrogen) atoms. The molecule has 2 aromatic carbocycles. The fourth-order valence-corrected chi connectivity index (χ4v) is 3.94. The predicted molar refractivity (Wildman–Crippen MR) is 118 cm³/mol. The highest BCUT2D eigenvalue weighted by atomic mass is 32.2. The second-order valence-corrected chi connectivity index (χ2v) is 8.05. The summed E-state index contributed by atoms with van der Waals surface area (Å²) in [6.45, 7) is 2.47. The number of nitrogens with zero attached hydrogens (tertiary/aromatic N) is 3. The van der Waals surface area contributed by atoms with Gasteiger partial charge in [0.15, 0.2) is 10.9 Å². The first-order valence-corrected chi connectivity index (χ1v) is 10.6.